The Bertz CT molecular complexity index is 462. The van der Waals surface area contributed by atoms with E-state index in [1.54, 1.807) is 0 Å². The molecule has 3 unspecified atom stereocenters. The van der Waals surface area contributed by atoms with Gasteiger partial charge in [-0.2, -0.15) is 0 Å². The van der Waals surface area contributed by atoms with Crippen LogP contribution < -0.4 is 0 Å². The van der Waals surface area contributed by atoms with Crippen molar-refractivity contribution < 1.29 is 14.6 Å². The van der Waals surface area contributed by atoms with Crippen LogP contribution in [0.1, 0.15) is 36.5 Å². The topological polar surface area (TPSA) is 38.7 Å². The summed E-state index contributed by atoms with van der Waals surface area (Å²) in [6.45, 7) is 4.22. The summed E-state index contributed by atoms with van der Waals surface area (Å²) < 4.78 is 12.5. The molecule has 1 spiro atoms. The maximum absolute atomic E-state index is 10.7. The first-order chi connectivity index (χ1) is 9.58. The number of aliphatic hydroxyl groups excluding tert-OH is 1. The second kappa shape index (κ2) is 5.76. The van der Waals surface area contributed by atoms with Crippen molar-refractivity contribution in [3.63, 3.8) is 0 Å². The molecular formula is C16H21BrO3. The van der Waals surface area contributed by atoms with Crippen molar-refractivity contribution in [2.45, 2.75) is 37.9 Å². The van der Waals surface area contributed by atoms with Gasteiger partial charge in [-0.15, -0.1) is 0 Å². The highest BCUT2D eigenvalue weighted by Gasteiger charge is 2.42. The van der Waals surface area contributed by atoms with Crippen molar-refractivity contribution in [3.05, 3.63) is 33.8 Å². The molecule has 1 aromatic rings. The quantitative estimate of drug-likeness (QED) is 0.896. The number of aryl methyl sites for hydroxylation is 1. The molecule has 2 saturated heterocycles. The maximum Gasteiger partial charge on any atom is 0.0940 e. The van der Waals surface area contributed by atoms with Crippen LogP contribution in [0.3, 0.4) is 0 Å². The smallest absolute Gasteiger partial charge is 0.0940 e. The van der Waals surface area contributed by atoms with Crippen LogP contribution in [-0.4, -0.2) is 30.5 Å². The van der Waals surface area contributed by atoms with Gasteiger partial charge in [0.25, 0.3) is 0 Å². The summed E-state index contributed by atoms with van der Waals surface area (Å²) in [5.41, 5.74) is 2.02. The predicted octanol–water partition coefficient (Wildman–Crippen LogP) is 3.38. The average Bonchev–Trinajstić information content (AvgIpc) is 2.85. The second-order valence-corrected chi connectivity index (χ2v) is 7.01. The van der Waals surface area contributed by atoms with E-state index in [0.717, 1.165) is 42.5 Å². The molecule has 0 aliphatic carbocycles. The van der Waals surface area contributed by atoms with E-state index in [9.17, 15) is 5.11 Å². The Labute approximate surface area is 128 Å². The number of benzene rings is 1. The minimum absolute atomic E-state index is 0.148. The Balaban J connectivity index is 1.77. The van der Waals surface area contributed by atoms with Crippen LogP contribution in [-0.2, 0) is 9.47 Å². The molecule has 0 amide bonds. The van der Waals surface area contributed by atoms with E-state index in [1.807, 2.05) is 6.07 Å². The van der Waals surface area contributed by atoms with Crippen LogP contribution in [0.5, 0.6) is 0 Å². The molecule has 3 atom stereocenters. The van der Waals surface area contributed by atoms with Gasteiger partial charge < -0.3 is 14.6 Å². The fourth-order valence-electron chi connectivity index (χ4n) is 3.41. The lowest BCUT2D eigenvalue weighted by atomic mass is 9.80. The third-order valence-corrected chi connectivity index (χ3v) is 4.91. The predicted molar refractivity (Wildman–Crippen MR) is 80.7 cm³/mol. The normalized spacial score (nSPS) is 31.6. The van der Waals surface area contributed by atoms with Crippen LogP contribution >= 0.6 is 15.9 Å². The van der Waals surface area contributed by atoms with Crippen molar-refractivity contribution in [2.24, 2.45) is 5.92 Å². The monoisotopic (exact) mass is 340 g/mol. The van der Waals surface area contributed by atoms with E-state index in [2.05, 4.69) is 35.0 Å². The number of rotatable bonds is 2. The van der Waals surface area contributed by atoms with E-state index in [1.165, 1.54) is 5.56 Å². The van der Waals surface area contributed by atoms with E-state index >= 15 is 0 Å². The third-order valence-electron chi connectivity index (χ3n) is 4.45. The SMILES string of the molecule is Cc1cc(Br)cc(C(O)C2CCOC3(CCOC3)C2)c1. The Morgan fingerprint density at radius 1 is 1.35 bits per heavy atom. The van der Waals surface area contributed by atoms with Gasteiger partial charge in [0.05, 0.1) is 18.3 Å². The highest BCUT2D eigenvalue weighted by Crippen LogP contribution is 2.41. The zero-order valence-corrected chi connectivity index (χ0v) is 13.4. The molecule has 1 aromatic carbocycles. The molecule has 3 rings (SSSR count). The van der Waals surface area contributed by atoms with E-state index in [-0.39, 0.29) is 11.5 Å². The zero-order chi connectivity index (χ0) is 14.2. The van der Waals surface area contributed by atoms with Gasteiger partial charge in [0, 0.05) is 24.1 Å². The minimum Gasteiger partial charge on any atom is -0.388 e. The Morgan fingerprint density at radius 2 is 2.20 bits per heavy atom. The zero-order valence-electron chi connectivity index (χ0n) is 11.8. The molecule has 2 aliphatic rings. The molecule has 3 nitrogen and oxygen atoms in total. The van der Waals surface area contributed by atoms with Gasteiger partial charge in [0.1, 0.15) is 0 Å². The summed E-state index contributed by atoms with van der Waals surface area (Å²) in [7, 11) is 0. The summed E-state index contributed by atoms with van der Waals surface area (Å²) in [4.78, 5) is 0. The summed E-state index contributed by atoms with van der Waals surface area (Å²) in [6, 6.07) is 6.15. The average molecular weight is 341 g/mol. The maximum atomic E-state index is 10.7. The van der Waals surface area contributed by atoms with Gasteiger partial charge >= 0.3 is 0 Å². The van der Waals surface area contributed by atoms with Crippen molar-refractivity contribution in [1.82, 2.24) is 0 Å². The van der Waals surface area contributed by atoms with E-state index < -0.39 is 6.10 Å². The van der Waals surface area contributed by atoms with Gasteiger partial charge in [0.2, 0.25) is 0 Å². The van der Waals surface area contributed by atoms with Crippen LogP contribution in [0.25, 0.3) is 0 Å². The number of aliphatic hydroxyl groups is 1. The molecule has 1 N–H and O–H groups in total. The Kier molecular flexibility index (Phi) is 4.18. The first-order valence-corrected chi connectivity index (χ1v) is 8.04. The number of hydrogen-bond donors (Lipinski definition) is 1. The molecule has 2 fully saturated rings. The van der Waals surface area contributed by atoms with Crippen molar-refractivity contribution >= 4 is 15.9 Å². The highest BCUT2D eigenvalue weighted by atomic mass is 79.9. The molecule has 0 radical (unpaired) electrons. The largest absolute Gasteiger partial charge is 0.388 e. The Morgan fingerprint density at radius 3 is 2.90 bits per heavy atom. The summed E-state index contributed by atoms with van der Waals surface area (Å²) in [5, 5.41) is 10.7. The number of hydrogen-bond acceptors (Lipinski definition) is 3. The minimum atomic E-state index is -0.424. The molecule has 2 aliphatic heterocycles. The highest BCUT2D eigenvalue weighted by molar-refractivity contribution is 9.10. The van der Waals surface area contributed by atoms with E-state index in [0.29, 0.717) is 6.61 Å². The lowest BCUT2D eigenvalue weighted by Gasteiger charge is -2.39. The molecule has 2 heterocycles. The van der Waals surface area contributed by atoms with Crippen LogP contribution in [0.15, 0.2) is 22.7 Å². The fraction of sp³-hybridized carbons (Fsp3) is 0.625. The Hall–Kier alpha value is -0.420. The third kappa shape index (κ3) is 2.93. The van der Waals surface area contributed by atoms with Gasteiger partial charge in [-0.05, 0) is 48.9 Å². The standard InChI is InChI=1S/C16H21BrO3/c1-11-6-13(8-14(17)7-11)15(18)12-2-4-20-16(9-12)3-5-19-10-16/h6-8,12,15,18H,2-5,9-10H2,1H3. The van der Waals surface area contributed by atoms with Crippen molar-refractivity contribution in [2.75, 3.05) is 19.8 Å². The molecule has 20 heavy (non-hydrogen) atoms. The van der Waals surface area contributed by atoms with Crippen molar-refractivity contribution in [3.8, 4) is 0 Å². The number of ether oxygens (including phenoxy) is 2. The first kappa shape index (κ1) is 14.5. The molecule has 110 valence electrons. The lowest BCUT2D eigenvalue weighted by molar-refractivity contribution is -0.117. The molecular weight excluding hydrogens is 320 g/mol. The van der Waals surface area contributed by atoms with Gasteiger partial charge in [-0.25, -0.2) is 0 Å². The fourth-order valence-corrected chi connectivity index (χ4v) is 4.03. The second-order valence-electron chi connectivity index (χ2n) is 6.09. The van der Waals surface area contributed by atoms with Crippen LogP contribution in [0.4, 0.5) is 0 Å². The number of halogens is 1. The first-order valence-electron chi connectivity index (χ1n) is 7.25. The summed E-state index contributed by atoms with van der Waals surface area (Å²) in [5.74, 6) is 0.249. The lowest BCUT2D eigenvalue weighted by Crippen LogP contribution is -2.41. The summed E-state index contributed by atoms with van der Waals surface area (Å²) >= 11 is 3.51. The van der Waals surface area contributed by atoms with Gasteiger partial charge in [-0.1, -0.05) is 22.0 Å². The molecule has 4 heteroatoms. The molecule has 0 aromatic heterocycles. The molecule has 0 bridgehead atoms. The summed E-state index contributed by atoms with van der Waals surface area (Å²) in [6.07, 6.45) is 2.33. The van der Waals surface area contributed by atoms with Gasteiger partial charge in [0.15, 0.2) is 0 Å². The molecule has 0 saturated carbocycles. The van der Waals surface area contributed by atoms with Gasteiger partial charge in [-0.3, -0.25) is 0 Å². The van der Waals surface area contributed by atoms with Crippen LogP contribution in [0.2, 0.25) is 0 Å². The van der Waals surface area contributed by atoms with Crippen LogP contribution in [0, 0.1) is 12.8 Å². The van der Waals surface area contributed by atoms with E-state index in [4.69, 9.17) is 9.47 Å². The van der Waals surface area contributed by atoms with Crippen molar-refractivity contribution in [1.29, 1.82) is 0 Å².